The third-order valence-electron chi connectivity index (χ3n) is 4.41. The van der Waals surface area contributed by atoms with Gasteiger partial charge in [-0.1, -0.05) is 44.7 Å². The van der Waals surface area contributed by atoms with Crippen LogP contribution in [0, 0.1) is 5.82 Å². The fourth-order valence-electron chi connectivity index (χ4n) is 2.84. The third-order valence-corrected chi connectivity index (χ3v) is 4.41. The normalized spacial score (nSPS) is 14.9. The monoisotopic (exact) mass is 381 g/mol. The Hall–Kier alpha value is -2.95. The van der Waals surface area contributed by atoms with Crippen molar-refractivity contribution in [2.75, 3.05) is 6.61 Å². The highest BCUT2D eigenvalue weighted by molar-refractivity contribution is 6.12. The summed E-state index contributed by atoms with van der Waals surface area (Å²) in [5.41, 5.74) is 1.59. The van der Waals surface area contributed by atoms with Crippen LogP contribution in [0.25, 0.3) is 6.08 Å². The lowest BCUT2D eigenvalue weighted by Gasteiger charge is -2.06. The molecular formula is C23H24FNO3. The second kappa shape index (κ2) is 9.83. The van der Waals surface area contributed by atoms with Crippen molar-refractivity contribution in [3.63, 3.8) is 0 Å². The van der Waals surface area contributed by atoms with Gasteiger partial charge in [-0.25, -0.2) is 14.2 Å². The molecule has 0 spiro atoms. The summed E-state index contributed by atoms with van der Waals surface area (Å²) in [4.78, 5) is 16.3. The van der Waals surface area contributed by atoms with Gasteiger partial charge in [0.1, 0.15) is 11.6 Å². The van der Waals surface area contributed by atoms with Crippen molar-refractivity contribution in [3.8, 4) is 5.75 Å². The molecule has 146 valence electrons. The molecule has 0 unspecified atom stereocenters. The SMILES string of the molecule is CCCCCCCOc1ccc(/C=C2\N=C(c3ccc(F)cc3)OC2=O)cc1. The summed E-state index contributed by atoms with van der Waals surface area (Å²) in [6.07, 6.45) is 7.67. The van der Waals surface area contributed by atoms with Crippen molar-refractivity contribution in [1.29, 1.82) is 0 Å². The highest BCUT2D eigenvalue weighted by Crippen LogP contribution is 2.21. The first-order valence-electron chi connectivity index (χ1n) is 9.67. The number of benzene rings is 2. The predicted molar refractivity (Wildman–Crippen MR) is 108 cm³/mol. The number of carbonyl (C=O) groups excluding carboxylic acids is 1. The first-order valence-corrected chi connectivity index (χ1v) is 9.67. The molecule has 4 nitrogen and oxygen atoms in total. The molecule has 0 N–H and O–H groups in total. The molecule has 1 aliphatic rings. The lowest BCUT2D eigenvalue weighted by Crippen LogP contribution is -2.05. The summed E-state index contributed by atoms with van der Waals surface area (Å²) in [6, 6.07) is 13.2. The van der Waals surface area contributed by atoms with Crippen LogP contribution >= 0.6 is 0 Å². The molecular weight excluding hydrogens is 357 g/mol. The van der Waals surface area contributed by atoms with Gasteiger partial charge >= 0.3 is 5.97 Å². The average molecular weight is 381 g/mol. The third kappa shape index (κ3) is 5.52. The van der Waals surface area contributed by atoms with E-state index in [9.17, 15) is 9.18 Å². The van der Waals surface area contributed by atoms with E-state index < -0.39 is 5.97 Å². The molecule has 2 aromatic rings. The lowest BCUT2D eigenvalue weighted by atomic mass is 10.1. The number of hydrogen-bond donors (Lipinski definition) is 0. The molecule has 5 heteroatoms. The largest absolute Gasteiger partial charge is 0.494 e. The molecule has 0 aromatic heterocycles. The molecule has 0 amide bonds. The molecule has 0 radical (unpaired) electrons. The number of halogens is 1. The maximum Gasteiger partial charge on any atom is 0.363 e. The number of aliphatic imine (C=N–C) groups is 1. The lowest BCUT2D eigenvalue weighted by molar-refractivity contribution is -0.129. The fraction of sp³-hybridized carbons (Fsp3) is 0.304. The summed E-state index contributed by atoms with van der Waals surface area (Å²) >= 11 is 0. The maximum atomic E-state index is 13.0. The number of esters is 1. The zero-order valence-corrected chi connectivity index (χ0v) is 16.0. The molecule has 0 bridgehead atoms. The zero-order chi connectivity index (χ0) is 19.8. The van der Waals surface area contributed by atoms with E-state index in [0.29, 0.717) is 12.2 Å². The first-order chi connectivity index (χ1) is 13.7. The summed E-state index contributed by atoms with van der Waals surface area (Å²) in [7, 11) is 0. The Labute approximate surface area is 164 Å². The number of rotatable bonds is 9. The fourth-order valence-corrected chi connectivity index (χ4v) is 2.84. The number of ether oxygens (including phenoxy) is 2. The average Bonchev–Trinajstić information content (AvgIpc) is 3.07. The van der Waals surface area contributed by atoms with E-state index in [1.807, 2.05) is 24.3 Å². The van der Waals surface area contributed by atoms with E-state index in [-0.39, 0.29) is 17.4 Å². The van der Waals surface area contributed by atoms with Gasteiger partial charge in [-0.15, -0.1) is 0 Å². The van der Waals surface area contributed by atoms with Crippen molar-refractivity contribution in [2.24, 2.45) is 4.99 Å². The Balaban J connectivity index is 1.58. The Morgan fingerprint density at radius 1 is 1.00 bits per heavy atom. The summed E-state index contributed by atoms with van der Waals surface area (Å²) in [6.45, 7) is 2.91. The second-order valence-corrected chi connectivity index (χ2v) is 6.67. The van der Waals surface area contributed by atoms with Gasteiger partial charge in [0, 0.05) is 5.56 Å². The standard InChI is InChI=1S/C23H24FNO3/c1-2-3-4-5-6-15-27-20-13-7-17(8-14-20)16-21-23(26)28-22(25-21)18-9-11-19(24)12-10-18/h7-14,16H,2-6,15H2,1H3/b21-16-. The molecule has 28 heavy (non-hydrogen) atoms. The van der Waals surface area contributed by atoms with Crippen LogP contribution < -0.4 is 4.74 Å². The zero-order valence-electron chi connectivity index (χ0n) is 16.0. The summed E-state index contributed by atoms with van der Waals surface area (Å²) in [5, 5.41) is 0. The molecule has 0 fully saturated rings. The van der Waals surface area contributed by atoms with Crippen molar-refractivity contribution < 1.29 is 18.7 Å². The molecule has 2 aromatic carbocycles. The minimum absolute atomic E-state index is 0.180. The first kappa shape index (κ1) is 19.8. The van der Waals surface area contributed by atoms with E-state index in [1.165, 1.54) is 49.9 Å². The van der Waals surface area contributed by atoms with Crippen LogP contribution in [-0.2, 0) is 9.53 Å². The van der Waals surface area contributed by atoms with Gasteiger partial charge in [0.05, 0.1) is 6.61 Å². The van der Waals surface area contributed by atoms with Gasteiger partial charge in [-0.2, -0.15) is 0 Å². The predicted octanol–water partition coefficient (Wildman–Crippen LogP) is 5.52. The Kier molecular flexibility index (Phi) is 6.95. The van der Waals surface area contributed by atoms with E-state index >= 15 is 0 Å². The summed E-state index contributed by atoms with van der Waals surface area (Å²) < 4.78 is 24.0. The quantitative estimate of drug-likeness (QED) is 0.326. The highest BCUT2D eigenvalue weighted by atomic mass is 19.1. The molecule has 0 atom stereocenters. The van der Waals surface area contributed by atoms with E-state index in [4.69, 9.17) is 9.47 Å². The molecule has 0 saturated heterocycles. The molecule has 0 aliphatic carbocycles. The molecule has 1 heterocycles. The highest BCUT2D eigenvalue weighted by Gasteiger charge is 2.24. The smallest absolute Gasteiger partial charge is 0.363 e. The minimum atomic E-state index is -0.522. The Bertz CT molecular complexity index is 854. The van der Waals surface area contributed by atoms with Crippen molar-refractivity contribution in [3.05, 3.63) is 71.2 Å². The van der Waals surface area contributed by atoms with E-state index in [1.54, 1.807) is 6.08 Å². The molecule has 1 aliphatic heterocycles. The van der Waals surface area contributed by atoms with Crippen molar-refractivity contribution in [1.82, 2.24) is 0 Å². The number of hydrogen-bond acceptors (Lipinski definition) is 4. The number of unbranched alkanes of at least 4 members (excludes halogenated alkanes) is 4. The van der Waals surface area contributed by atoms with Gasteiger partial charge in [-0.05, 0) is 54.5 Å². The van der Waals surface area contributed by atoms with Crippen LogP contribution in [0.1, 0.15) is 50.2 Å². The van der Waals surface area contributed by atoms with Gasteiger partial charge < -0.3 is 9.47 Å². The van der Waals surface area contributed by atoms with Crippen LogP contribution in [0.4, 0.5) is 4.39 Å². The van der Waals surface area contributed by atoms with Crippen LogP contribution in [-0.4, -0.2) is 18.5 Å². The van der Waals surface area contributed by atoms with E-state index in [0.717, 1.165) is 17.7 Å². The minimum Gasteiger partial charge on any atom is -0.494 e. The van der Waals surface area contributed by atoms with Gasteiger partial charge in [0.25, 0.3) is 0 Å². The van der Waals surface area contributed by atoms with Crippen molar-refractivity contribution >= 4 is 17.9 Å². The van der Waals surface area contributed by atoms with Crippen LogP contribution in [0.3, 0.4) is 0 Å². The van der Waals surface area contributed by atoms with Crippen LogP contribution in [0.2, 0.25) is 0 Å². The maximum absolute atomic E-state index is 13.0. The summed E-state index contributed by atoms with van der Waals surface area (Å²) in [5.74, 6) is 0.112. The second-order valence-electron chi connectivity index (χ2n) is 6.67. The number of nitrogens with zero attached hydrogens (tertiary/aromatic N) is 1. The number of carbonyl (C=O) groups is 1. The van der Waals surface area contributed by atoms with Crippen LogP contribution in [0.5, 0.6) is 5.75 Å². The van der Waals surface area contributed by atoms with Gasteiger partial charge in [0.2, 0.25) is 5.90 Å². The molecule has 3 rings (SSSR count). The van der Waals surface area contributed by atoms with E-state index in [2.05, 4.69) is 11.9 Å². The Morgan fingerprint density at radius 3 is 2.43 bits per heavy atom. The van der Waals surface area contributed by atoms with Gasteiger partial charge in [0.15, 0.2) is 5.70 Å². The van der Waals surface area contributed by atoms with Crippen LogP contribution in [0.15, 0.2) is 59.2 Å². The Morgan fingerprint density at radius 2 is 1.71 bits per heavy atom. The van der Waals surface area contributed by atoms with Crippen molar-refractivity contribution in [2.45, 2.75) is 39.0 Å². The topological polar surface area (TPSA) is 47.9 Å². The van der Waals surface area contributed by atoms with Gasteiger partial charge in [-0.3, -0.25) is 0 Å². The number of cyclic esters (lactones) is 1. The molecule has 0 saturated carbocycles.